The third kappa shape index (κ3) is 1.17. The molecule has 1 fully saturated rings. The van der Waals surface area contributed by atoms with Crippen molar-refractivity contribution in [3.05, 3.63) is 0 Å². The first-order valence-corrected chi connectivity index (χ1v) is 2.80. The van der Waals surface area contributed by atoms with Crippen LogP contribution in [0, 0.1) is 0 Å². The Morgan fingerprint density at radius 2 is 2.50 bits per heavy atom. The summed E-state index contributed by atoms with van der Waals surface area (Å²) in [5.74, 6) is 0. The van der Waals surface area contributed by atoms with Gasteiger partial charge in [-0.2, -0.15) is 0 Å². The second-order valence-electron chi connectivity index (χ2n) is 2.15. The number of β-amino-alcohol motifs (C(OH)–C–C–N with tert-alkyl or cyclic N) is 1. The number of aliphatic hydroxyl groups excluding tert-OH is 1. The molecule has 1 rings (SSSR count). The van der Waals surface area contributed by atoms with Crippen molar-refractivity contribution in [1.29, 1.82) is 0 Å². The molecule has 1 heterocycles. The summed E-state index contributed by atoms with van der Waals surface area (Å²) in [4.78, 5) is 0. The van der Waals surface area contributed by atoms with Crippen LogP contribution in [0.1, 0.15) is 6.42 Å². The molecule has 3 heteroatoms. The van der Waals surface area contributed by atoms with Gasteiger partial charge < -0.3 is 10.4 Å². The predicted octanol–water partition coefficient (Wildman–Crippen LogP) is -0.321. The lowest BCUT2D eigenvalue weighted by Crippen LogP contribution is -2.22. The molecule has 0 spiro atoms. The van der Waals surface area contributed by atoms with Crippen LogP contribution in [0.5, 0.6) is 0 Å². The highest BCUT2D eigenvalue weighted by Crippen LogP contribution is 2.05. The van der Waals surface area contributed by atoms with Gasteiger partial charge in [0.1, 0.15) is 6.67 Å². The van der Waals surface area contributed by atoms with E-state index in [1.165, 1.54) is 0 Å². The minimum Gasteiger partial charge on any atom is -0.392 e. The van der Waals surface area contributed by atoms with Crippen LogP contribution in [-0.2, 0) is 0 Å². The Morgan fingerprint density at radius 3 is 2.75 bits per heavy atom. The summed E-state index contributed by atoms with van der Waals surface area (Å²) < 4.78 is 11.7. The van der Waals surface area contributed by atoms with Gasteiger partial charge in [-0.15, -0.1) is 0 Å². The lowest BCUT2D eigenvalue weighted by Gasteiger charge is -1.99. The molecule has 2 nitrogen and oxygen atoms in total. The molecule has 0 saturated carbocycles. The molecule has 0 aromatic carbocycles. The summed E-state index contributed by atoms with van der Waals surface area (Å²) in [5, 5.41) is 11.6. The summed E-state index contributed by atoms with van der Waals surface area (Å²) in [6.45, 7) is 0.186. The summed E-state index contributed by atoms with van der Waals surface area (Å²) in [5.41, 5.74) is 0. The molecule has 2 atom stereocenters. The van der Waals surface area contributed by atoms with E-state index in [2.05, 4.69) is 5.32 Å². The number of aliphatic hydroxyl groups is 1. The Labute approximate surface area is 47.7 Å². The van der Waals surface area contributed by atoms with Gasteiger partial charge in [0, 0.05) is 12.6 Å². The maximum Gasteiger partial charge on any atom is 0.105 e. The average molecular weight is 119 g/mol. The van der Waals surface area contributed by atoms with Crippen LogP contribution in [0.4, 0.5) is 4.39 Å². The van der Waals surface area contributed by atoms with E-state index in [-0.39, 0.29) is 18.8 Å². The maximum absolute atomic E-state index is 11.7. The van der Waals surface area contributed by atoms with Gasteiger partial charge in [0.05, 0.1) is 6.10 Å². The minimum absolute atomic E-state index is 0.0926. The van der Waals surface area contributed by atoms with E-state index >= 15 is 0 Å². The normalized spacial score (nSPS) is 38.2. The first-order valence-electron chi connectivity index (χ1n) is 2.80. The molecule has 0 bridgehead atoms. The molecule has 1 aliphatic rings. The summed E-state index contributed by atoms with van der Waals surface area (Å²) in [6, 6.07) is -0.0926. The van der Waals surface area contributed by atoms with Crippen LogP contribution in [0.3, 0.4) is 0 Å². The van der Waals surface area contributed by atoms with E-state index < -0.39 is 0 Å². The Bertz CT molecular complexity index is 78.8. The molecule has 0 unspecified atom stereocenters. The molecule has 1 saturated heterocycles. The monoisotopic (exact) mass is 119 g/mol. The Balaban J connectivity index is 2.22. The highest BCUT2D eigenvalue weighted by Gasteiger charge is 2.20. The van der Waals surface area contributed by atoms with Gasteiger partial charge in [0.15, 0.2) is 0 Å². The van der Waals surface area contributed by atoms with Crippen molar-refractivity contribution in [2.45, 2.75) is 18.6 Å². The number of halogens is 1. The van der Waals surface area contributed by atoms with E-state index in [1.807, 2.05) is 0 Å². The van der Waals surface area contributed by atoms with Crippen molar-refractivity contribution in [3.63, 3.8) is 0 Å². The second kappa shape index (κ2) is 2.42. The Hall–Kier alpha value is -0.150. The van der Waals surface area contributed by atoms with Crippen LogP contribution < -0.4 is 5.32 Å². The van der Waals surface area contributed by atoms with E-state index in [0.717, 1.165) is 0 Å². The van der Waals surface area contributed by atoms with Crippen LogP contribution in [0.15, 0.2) is 0 Å². The van der Waals surface area contributed by atoms with E-state index in [1.54, 1.807) is 0 Å². The average Bonchev–Trinajstić information content (AvgIpc) is 2.14. The van der Waals surface area contributed by atoms with E-state index in [0.29, 0.717) is 13.0 Å². The van der Waals surface area contributed by atoms with Crippen molar-refractivity contribution in [2.24, 2.45) is 0 Å². The second-order valence-corrected chi connectivity index (χ2v) is 2.15. The summed E-state index contributed by atoms with van der Waals surface area (Å²) in [7, 11) is 0. The smallest absolute Gasteiger partial charge is 0.105 e. The predicted molar refractivity (Wildman–Crippen MR) is 28.4 cm³/mol. The Morgan fingerprint density at radius 1 is 1.75 bits per heavy atom. The molecular weight excluding hydrogens is 109 g/mol. The molecule has 0 aliphatic carbocycles. The van der Waals surface area contributed by atoms with Crippen molar-refractivity contribution < 1.29 is 9.50 Å². The lowest BCUT2D eigenvalue weighted by atomic mass is 10.2. The topological polar surface area (TPSA) is 32.3 Å². The lowest BCUT2D eigenvalue weighted by molar-refractivity contribution is 0.191. The number of hydrogen-bond acceptors (Lipinski definition) is 2. The zero-order valence-electron chi connectivity index (χ0n) is 4.60. The zero-order valence-corrected chi connectivity index (χ0v) is 4.60. The highest BCUT2D eigenvalue weighted by atomic mass is 19.1. The number of hydrogen-bond donors (Lipinski definition) is 2. The standard InChI is InChI=1S/C5H10FNO/c6-2-4-1-5(8)3-7-4/h4-5,7-8H,1-3H2/t4-,5+/m0/s1. The summed E-state index contributed by atoms with van der Waals surface area (Å²) in [6.07, 6.45) is 0.243. The molecule has 0 radical (unpaired) electrons. The van der Waals surface area contributed by atoms with Crippen molar-refractivity contribution in [1.82, 2.24) is 5.32 Å². The van der Waals surface area contributed by atoms with Gasteiger partial charge in [0.2, 0.25) is 0 Å². The minimum atomic E-state index is -0.364. The molecule has 1 aliphatic heterocycles. The summed E-state index contributed by atoms with van der Waals surface area (Å²) >= 11 is 0. The van der Waals surface area contributed by atoms with Crippen molar-refractivity contribution in [3.8, 4) is 0 Å². The van der Waals surface area contributed by atoms with Gasteiger partial charge in [-0.25, -0.2) is 4.39 Å². The Kier molecular flexibility index (Phi) is 1.81. The van der Waals surface area contributed by atoms with Gasteiger partial charge in [-0.3, -0.25) is 0 Å². The molecule has 48 valence electrons. The zero-order chi connectivity index (χ0) is 5.98. The molecule has 8 heavy (non-hydrogen) atoms. The van der Waals surface area contributed by atoms with E-state index in [4.69, 9.17) is 5.11 Å². The fourth-order valence-corrected chi connectivity index (χ4v) is 0.915. The highest BCUT2D eigenvalue weighted by molar-refractivity contribution is 4.79. The van der Waals surface area contributed by atoms with Gasteiger partial charge in [-0.05, 0) is 6.42 Å². The third-order valence-corrected chi connectivity index (χ3v) is 1.39. The first-order chi connectivity index (χ1) is 3.83. The van der Waals surface area contributed by atoms with Gasteiger partial charge in [-0.1, -0.05) is 0 Å². The quantitative estimate of drug-likeness (QED) is 0.495. The SMILES string of the molecule is O[C@H]1CN[C@H](CF)C1. The van der Waals surface area contributed by atoms with Crippen LogP contribution in [0.25, 0.3) is 0 Å². The van der Waals surface area contributed by atoms with Crippen LogP contribution in [0.2, 0.25) is 0 Å². The molecule has 2 N–H and O–H groups in total. The van der Waals surface area contributed by atoms with Gasteiger partial charge >= 0.3 is 0 Å². The van der Waals surface area contributed by atoms with Gasteiger partial charge in [0.25, 0.3) is 0 Å². The largest absolute Gasteiger partial charge is 0.392 e. The van der Waals surface area contributed by atoms with Crippen LogP contribution >= 0.6 is 0 Å². The van der Waals surface area contributed by atoms with Crippen molar-refractivity contribution >= 4 is 0 Å². The van der Waals surface area contributed by atoms with Crippen LogP contribution in [-0.4, -0.2) is 30.5 Å². The molecule has 0 aromatic heterocycles. The van der Waals surface area contributed by atoms with Crippen molar-refractivity contribution in [2.75, 3.05) is 13.2 Å². The third-order valence-electron chi connectivity index (χ3n) is 1.39. The molecular formula is C5H10FNO. The number of alkyl halides is 1. The first kappa shape index (κ1) is 5.98. The maximum atomic E-state index is 11.7. The molecule has 0 aromatic rings. The van der Waals surface area contributed by atoms with E-state index in [9.17, 15) is 4.39 Å². The fraction of sp³-hybridized carbons (Fsp3) is 1.00. The molecule has 0 amide bonds. The number of nitrogens with one attached hydrogen (secondary N) is 1. The number of rotatable bonds is 1. The fourth-order valence-electron chi connectivity index (χ4n) is 0.915.